The number of likely N-dealkylation sites (N-methyl/N-ethyl adjacent to an activating group) is 1. The highest BCUT2D eigenvalue weighted by Gasteiger charge is 2.43. The summed E-state index contributed by atoms with van der Waals surface area (Å²) in [6.07, 6.45) is 0.765. The molecule has 2 fully saturated rings. The van der Waals surface area contributed by atoms with E-state index in [0.29, 0.717) is 28.8 Å². The van der Waals surface area contributed by atoms with Crippen LogP contribution < -0.4 is 15.0 Å². The lowest BCUT2D eigenvalue weighted by Crippen LogP contribution is -2.45. The van der Waals surface area contributed by atoms with Gasteiger partial charge in [-0.3, -0.25) is 14.5 Å². The molecule has 4 rings (SSSR count). The predicted octanol–water partition coefficient (Wildman–Crippen LogP) is 2.80. The average Bonchev–Trinajstić information content (AvgIpc) is 3.10. The zero-order valence-corrected chi connectivity index (χ0v) is 21.5. The van der Waals surface area contributed by atoms with E-state index in [2.05, 4.69) is 22.2 Å². The van der Waals surface area contributed by atoms with E-state index in [1.54, 1.807) is 31.4 Å². The second-order valence-electron chi connectivity index (χ2n) is 9.12. The summed E-state index contributed by atoms with van der Waals surface area (Å²) in [6.45, 7) is 5.58. The van der Waals surface area contributed by atoms with Crippen molar-refractivity contribution in [3.8, 4) is 5.75 Å². The van der Waals surface area contributed by atoms with Gasteiger partial charge in [-0.15, -0.1) is 0 Å². The maximum Gasteiger partial charge on any atom is 0.256 e. The Bertz CT molecular complexity index is 1070. The number of nitrogens with zero attached hydrogens (tertiary/aromatic N) is 4. The number of piperazine rings is 1. The van der Waals surface area contributed by atoms with Gasteiger partial charge in [0, 0.05) is 38.4 Å². The van der Waals surface area contributed by atoms with Crippen LogP contribution in [0.1, 0.15) is 12.8 Å². The molecule has 0 radical (unpaired) electrons. The Kier molecular flexibility index (Phi) is 8.50. The Morgan fingerprint density at radius 3 is 2.36 bits per heavy atom. The zero-order valence-electron chi connectivity index (χ0n) is 20.7. The summed E-state index contributed by atoms with van der Waals surface area (Å²) in [4.78, 5) is 34.5. The minimum atomic E-state index is -0.715. The van der Waals surface area contributed by atoms with Crippen molar-refractivity contribution in [2.45, 2.75) is 18.9 Å². The van der Waals surface area contributed by atoms with Crippen molar-refractivity contribution in [3.63, 3.8) is 0 Å². The summed E-state index contributed by atoms with van der Waals surface area (Å²) in [5.41, 5.74) is 1.11. The fourth-order valence-corrected chi connectivity index (χ4v) is 4.93. The van der Waals surface area contributed by atoms with Crippen LogP contribution in [0.3, 0.4) is 0 Å². The number of anilines is 2. The van der Waals surface area contributed by atoms with Crippen molar-refractivity contribution < 1.29 is 18.7 Å². The van der Waals surface area contributed by atoms with Crippen LogP contribution in [0.4, 0.5) is 15.8 Å². The summed E-state index contributed by atoms with van der Waals surface area (Å²) in [6, 6.07) is 11.9. The number of hydrogen-bond donors (Lipinski definition) is 1. The van der Waals surface area contributed by atoms with Gasteiger partial charge in [0.2, 0.25) is 5.91 Å². The molecule has 2 aliphatic rings. The van der Waals surface area contributed by atoms with E-state index >= 15 is 0 Å². The van der Waals surface area contributed by atoms with Crippen LogP contribution in [-0.2, 0) is 9.59 Å². The van der Waals surface area contributed by atoms with Gasteiger partial charge in [-0.25, -0.2) is 4.39 Å². The average molecular weight is 514 g/mol. The summed E-state index contributed by atoms with van der Waals surface area (Å²) < 4.78 is 18.5. The Balaban J connectivity index is 1.47. The first-order chi connectivity index (χ1) is 17.4. The molecule has 36 heavy (non-hydrogen) atoms. The number of benzene rings is 2. The molecule has 2 amide bonds. The number of hydrogen-bond acceptors (Lipinski definition) is 6. The number of halogens is 1. The molecule has 2 aromatic carbocycles. The Hall–Kier alpha value is -3.08. The third kappa shape index (κ3) is 6.18. The Morgan fingerprint density at radius 2 is 1.72 bits per heavy atom. The summed E-state index contributed by atoms with van der Waals surface area (Å²) >= 11 is 5.75. The molecule has 10 heteroatoms. The van der Waals surface area contributed by atoms with E-state index in [9.17, 15) is 14.0 Å². The molecule has 2 saturated heterocycles. The van der Waals surface area contributed by atoms with Crippen LogP contribution in [0.2, 0.25) is 0 Å². The quantitative estimate of drug-likeness (QED) is 0.517. The van der Waals surface area contributed by atoms with E-state index in [1.165, 1.54) is 29.2 Å². The van der Waals surface area contributed by atoms with Crippen molar-refractivity contribution in [3.05, 3.63) is 54.3 Å². The molecule has 2 aliphatic heterocycles. The first kappa shape index (κ1) is 26.0. The second-order valence-corrected chi connectivity index (χ2v) is 9.49. The van der Waals surface area contributed by atoms with Crippen molar-refractivity contribution >= 4 is 40.5 Å². The van der Waals surface area contributed by atoms with Gasteiger partial charge in [0.15, 0.2) is 5.11 Å². The molecule has 2 aromatic rings. The van der Waals surface area contributed by atoms with Crippen molar-refractivity contribution in [2.24, 2.45) is 0 Å². The number of thiocarbonyl (C=S) groups is 1. The smallest absolute Gasteiger partial charge is 0.256 e. The number of nitrogens with one attached hydrogen (secondary N) is 1. The highest BCUT2D eigenvalue weighted by molar-refractivity contribution is 7.80. The van der Waals surface area contributed by atoms with E-state index in [4.69, 9.17) is 17.0 Å². The molecule has 0 aromatic heterocycles. The van der Waals surface area contributed by atoms with Gasteiger partial charge in [-0.1, -0.05) is 0 Å². The van der Waals surface area contributed by atoms with Crippen molar-refractivity contribution in [1.29, 1.82) is 0 Å². The summed E-state index contributed by atoms with van der Waals surface area (Å²) in [7, 11) is 3.71. The van der Waals surface area contributed by atoms with Crippen LogP contribution in [0.5, 0.6) is 5.75 Å². The van der Waals surface area contributed by atoms with Crippen LogP contribution >= 0.6 is 12.2 Å². The van der Waals surface area contributed by atoms with E-state index < -0.39 is 6.04 Å². The van der Waals surface area contributed by atoms with Crippen molar-refractivity contribution in [2.75, 3.05) is 63.6 Å². The molecular weight excluding hydrogens is 481 g/mol. The maximum absolute atomic E-state index is 13.5. The third-order valence-electron chi connectivity index (χ3n) is 6.63. The minimum Gasteiger partial charge on any atom is -0.497 e. The lowest BCUT2D eigenvalue weighted by atomic mass is 10.1. The standard InChI is InChI=1S/C26H32FN5O3S/c1-29-14-16-30(17-15-29)12-3-13-31-23(18-24(33)28-20-6-4-19(27)5-7-20)25(34)32(26(31)36)21-8-10-22(35-2)11-9-21/h4-11,23H,3,12-18H2,1-2H3,(H,28,33)/t23-/m1/s1. The number of methoxy groups -OCH3 is 1. The van der Waals surface area contributed by atoms with Crippen LogP contribution in [0, 0.1) is 5.82 Å². The van der Waals surface area contributed by atoms with Gasteiger partial charge < -0.3 is 24.8 Å². The monoisotopic (exact) mass is 513 g/mol. The van der Waals surface area contributed by atoms with Crippen LogP contribution in [0.15, 0.2) is 48.5 Å². The van der Waals surface area contributed by atoms with Gasteiger partial charge >= 0.3 is 0 Å². The number of carbonyl (C=O) groups is 2. The second kappa shape index (κ2) is 11.8. The molecule has 8 nitrogen and oxygen atoms in total. The minimum absolute atomic E-state index is 0.0580. The fourth-order valence-electron chi connectivity index (χ4n) is 4.51. The SMILES string of the molecule is COc1ccc(N2C(=O)[C@@H](CC(=O)Nc3ccc(F)cc3)N(CCCN3CCN(C)CC3)C2=S)cc1. The van der Waals surface area contributed by atoms with Gasteiger partial charge in [-0.2, -0.15) is 0 Å². The number of ether oxygens (including phenoxy) is 1. The number of carbonyl (C=O) groups excluding carboxylic acids is 2. The van der Waals surface area contributed by atoms with E-state index in [0.717, 1.165) is 39.1 Å². The first-order valence-corrected chi connectivity index (χ1v) is 12.5. The molecule has 0 spiro atoms. The molecule has 2 heterocycles. The van der Waals surface area contributed by atoms with Crippen LogP contribution in [-0.4, -0.2) is 91.1 Å². The molecule has 0 unspecified atom stereocenters. The maximum atomic E-state index is 13.5. The lowest BCUT2D eigenvalue weighted by Gasteiger charge is -2.33. The zero-order chi connectivity index (χ0) is 25.7. The van der Waals surface area contributed by atoms with Crippen LogP contribution in [0.25, 0.3) is 0 Å². The normalized spacial score (nSPS) is 19.1. The number of amides is 2. The molecule has 1 N–H and O–H groups in total. The molecule has 0 aliphatic carbocycles. The van der Waals surface area contributed by atoms with Gasteiger partial charge in [-0.05, 0) is 80.8 Å². The highest BCUT2D eigenvalue weighted by Crippen LogP contribution is 2.29. The molecule has 192 valence electrons. The fraction of sp³-hybridized carbons (Fsp3) is 0.423. The van der Waals surface area contributed by atoms with Gasteiger partial charge in [0.25, 0.3) is 5.91 Å². The Morgan fingerprint density at radius 1 is 1.06 bits per heavy atom. The number of rotatable bonds is 9. The van der Waals surface area contributed by atoms with Gasteiger partial charge in [0.1, 0.15) is 17.6 Å². The summed E-state index contributed by atoms with van der Waals surface area (Å²) in [5.74, 6) is -0.274. The molecule has 1 atom stereocenters. The first-order valence-electron chi connectivity index (χ1n) is 12.1. The summed E-state index contributed by atoms with van der Waals surface area (Å²) in [5, 5.41) is 3.15. The molecule has 0 saturated carbocycles. The van der Waals surface area contributed by atoms with Gasteiger partial charge in [0.05, 0.1) is 19.2 Å². The lowest BCUT2D eigenvalue weighted by molar-refractivity contribution is -0.124. The van der Waals surface area contributed by atoms with E-state index in [1.807, 2.05) is 4.90 Å². The van der Waals surface area contributed by atoms with E-state index in [-0.39, 0.29) is 24.1 Å². The largest absolute Gasteiger partial charge is 0.497 e. The third-order valence-corrected chi connectivity index (χ3v) is 7.04. The predicted molar refractivity (Wildman–Crippen MR) is 142 cm³/mol. The highest BCUT2D eigenvalue weighted by atomic mass is 32.1. The Labute approximate surface area is 216 Å². The molecular formula is C26H32FN5O3S. The van der Waals surface area contributed by atoms with Crippen molar-refractivity contribution in [1.82, 2.24) is 14.7 Å². The molecule has 0 bridgehead atoms. The topological polar surface area (TPSA) is 68.4 Å².